The summed E-state index contributed by atoms with van der Waals surface area (Å²) in [5, 5.41) is 0. The average Bonchev–Trinajstić information content (AvgIpc) is 2.33. The van der Waals surface area contributed by atoms with E-state index in [1.807, 2.05) is 56.4 Å². The van der Waals surface area contributed by atoms with Crippen molar-refractivity contribution in [3.8, 4) is 5.75 Å². The summed E-state index contributed by atoms with van der Waals surface area (Å²) in [4.78, 5) is 11.7. The van der Waals surface area contributed by atoms with Crippen molar-refractivity contribution in [2.75, 3.05) is 0 Å². The molecule has 0 spiro atoms. The van der Waals surface area contributed by atoms with Crippen LogP contribution in [0, 0.1) is 0 Å². The molecule has 0 saturated carbocycles. The summed E-state index contributed by atoms with van der Waals surface area (Å²) in [6, 6.07) is 5.75. The topological polar surface area (TPSA) is 26.3 Å². The summed E-state index contributed by atoms with van der Waals surface area (Å²) in [7, 11) is 0. The maximum atomic E-state index is 11.7. The molecule has 0 atom stereocenters. The van der Waals surface area contributed by atoms with Gasteiger partial charge in [-0.1, -0.05) is 49.1 Å². The molecule has 0 aromatic heterocycles. The van der Waals surface area contributed by atoms with E-state index in [9.17, 15) is 4.79 Å². The van der Waals surface area contributed by atoms with Gasteiger partial charge in [0.15, 0.2) is 0 Å². The van der Waals surface area contributed by atoms with Crippen LogP contribution in [-0.4, -0.2) is 5.97 Å². The molecule has 0 aliphatic carbocycles. The van der Waals surface area contributed by atoms with Crippen LogP contribution in [0.5, 0.6) is 5.75 Å². The van der Waals surface area contributed by atoms with E-state index in [4.69, 9.17) is 4.74 Å². The molecule has 0 bridgehead atoms. The van der Waals surface area contributed by atoms with Crippen LogP contribution in [0.3, 0.4) is 0 Å². The Morgan fingerprint density at radius 2 is 1.67 bits per heavy atom. The van der Waals surface area contributed by atoms with Gasteiger partial charge in [0, 0.05) is 16.7 Å². The Morgan fingerprint density at radius 1 is 1.17 bits per heavy atom. The van der Waals surface area contributed by atoms with Gasteiger partial charge in [0.2, 0.25) is 0 Å². The van der Waals surface area contributed by atoms with E-state index in [0.29, 0.717) is 11.3 Å². The van der Waals surface area contributed by atoms with Crippen molar-refractivity contribution in [3.05, 3.63) is 53.6 Å². The van der Waals surface area contributed by atoms with Crippen LogP contribution >= 0.6 is 0 Å². The first kappa shape index (κ1) is 14.0. The smallest absolute Gasteiger partial charge is 0.338 e. The minimum Gasteiger partial charge on any atom is -0.422 e. The van der Waals surface area contributed by atoms with Crippen LogP contribution in [0.25, 0.3) is 12.2 Å². The van der Waals surface area contributed by atoms with Gasteiger partial charge in [-0.25, -0.2) is 4.79 Å². The molecule has 0 heterocycles. The third-order valence-corrected chi connectivity index (χ3v) is 2.31. The minimum atomic E-state index is -0.405. The fraction of sp³-hybridized carbons (Fsp3) is 0.188. The Hall–Kier alpha value is -2.09. The van der Waals surface area contributed by atoms with Crippen LogP contribution in [0.1, 0.15) is 31.9 Å². The summed E-state index contributed by atoms with van der Waals surface area (Å²) in [5.74, 6) is 0.166. The molecule has 1 aromatic carbocycles. The van der Waals surface area contributed by atoms with E-state index in [1.165, 1.54) is 0 Å². The lowest BCUT2D eigenvalue weighted by Gasteiger charge is -2.10. The Kier molecular flexibility index (Phi) is 5.12. The fourth-order valence-electron chi connectivity index (χ4n) is 1.49. The standard InChI is InChI=1S/C16H18O2/c1-5-8-13-10-7-11-14(9-6-2)15(13)18-16(17)12(3)4/h5-11H,3H2,1-2,4H3/b8-5-,9-6-. The molecule has 0 radical (unpaired) electrons. The molecule has 0 aliphatic heterocycles. The van der Waals surface area contributed by atoms with Crippen molar-refractivity contribution in [2.24, 2.45) is 0 Å². The quantitative estimate of drug-likeness (QED) is 0.448. The van der Waals surface area contributed by atoms with Gasteiger partial charge in [0.25, 0.3) is 0 Å². The predicted octanol–water partition coefficient (Wildman–Crippen LogP) is 4.23. The second kappa shape index (κ2) is 6.60. The van der Waals surface area contributed by atoms with Gasteiger partial charge in [0.1, 0.15) is 5.75 Å². The Labute approximate surface area is 108 Å². The molecule has 18 heavy (non-hydrogen) atoms. The SMILES string of the molecule is C=C(C)C(=O)Oc1c(/C=C\C)cccc1/C=C\C. The number of esters is 1. The summed E-state index contributed by atoms with van der Waals surface area (Å²) in [5.41, 5.74) is 2.14. The number of carbonyl (C=O) groups is 1. The molecule has 94 valence electrons. The fourth-order valence-corrected chi connectivity index (χ4v) is 1.49. The van der Waals surface area contributed by atoms with E-state index in [0.717, 1.165) is 11.1 Å². The predicted molar refractivity (Wildman–Crippen MR) is 76.3 cm³/mol. The third-order valence-electron chi connectivity index (χ3n) is 2.31. The normalized spacial score (nSPS) is 11.1. The highest BCUT2D eigenvalue weighted by Crippen LogP contribution is 2.27. The molecule has 2 heteroatoms. The van der Waals surface area contributed by atoms with E-state index >= 15 is 0 Å². The lowest BCUT2D eigenvalue weighted by Crippen LogP contribution is -2.10. The maximum absolute atomic E-state index is 11.7. The monoisotopic (exact) mass is 242 g/mol. The molecule has 1 aromatic rings. The van der Waals surface area contributed by atoms with Gasteiger partial charge in [-0.15, -0.1) is 0 Å². The van der Waals surface area contributed by atoms with Crippen molar-refractivity contribution in [2.45, 2.75) is 20.8 Å². The third kappa shape index (κ3) is 3.45. The first-order valence-electron chi connectivity index (χ1n) is 5.86. The number of hydrogen-bond acceptors (Lipinski definition) is 2. The Balaban J connectivity index is 3.26. The van der Waals surface area contributed by atoms with E-state index in [2.05, 4.69) is 6.58 Å². The zero-order valence-electron chi connectivity index (χ0n) is 11.1. The molecular formula is C16H18O2. The van der Waals surface area contributed by atoms with Crippen molar-refractivity contribution < 1.29 is 9.53 Å². The van der Waals surface area contributed by atoms with Crippen LogP contribution in [0.4, 0.5) is 0 Å². The summed E-state index contributed by atoms with van der Waals surface area (Å²) < 4.78 is 5.40. The van der Waals surface area contributed by atoms with Crippen molar-refractivity contribution in [3.63, 3.8) is 0 Å². The highest BCUT2D eigenvalue weighted by atomic mass is 16.5. The van der Waals surface area contributed by atoms with Gasteiger partial charge < -0.3 is 4.74 Å². The van der Waals surface area contributed by atoms with Crippen LogP contribution in [0.2, 0.25) is 0 Å². The number of ether oxygens (including phenoxy) is 1. The highest BCUT2D eigenvalue weighted by Gasteiger charge is 2.11. The second-order valence-corrected chi connectivity index (χ2v) is 3.94. The van der Waals surface area contributed by atoms with Crippen LogP contribution in [-0.2, 0) is 4.79 Å². The van der Waals surface area contributed by atoms with Crippen LogP contribution in [0.15, 0.2) is 42.5 Å². The molecule has 0 N–H and O–H groups in total. The van der Waals surface area contributed by atoms with Crippen LogP contribution < -0.4 is 4.74 Å². The largest absolute Gasteiger partial charge is 0.422 e. The molecule has 0 unspecified atom stereocenters. The lowest BCUT2D eigenvalue weighted by atomic mass is 10.1. The van der Waals surface area contributed by atoms with Gasteiger partial charge >= 0.3 is 5.97 Å². The molecular weight excluding hydrogens is 224 g/mol. The van der Waals surface area contributed by atoms with E-state index < -0.39 is 5.97 Å². The zero-order valence-corrected chi connectivity index (χ0v) is 11.1. The molecule has 2 nitrogen and oxygen atoms in total. The molecule has 0 saturated heterocycles. The summed E-state index contributed by atoms with van der Waals surface area (Å²) >= 11 is 0. The number of rotatable bonds is 4. The summed E-state index contributed by atoms with van der Waals surface area (Å²) in [6.45, 7) is 9.07. The summed E-state index contributed by atoms with van der Waals surface area (Å²) in [6.07, 6.45) is 7.64. The van der Waals surface area contributed by atoms with Gasteiger partial charge in [-0.05, 0) is 20.8 Å². The lowest BCUT2D eigenvalue weighted by molar-refractivity contribution is -0.130. The first-order chi connectivity index (χ1) is 8.60. The van der Waals surface area contributed by atoms with Crippen molar-refractivity contribution in [1.29, 1.82) is 0 Å². The van der Waals surface area contributed by atoms with E-state index in [1.54, 1.807) is 6.92 Å². The maximum Gasteiger partial charge on any atom is 0.338 e. The molecule has 1 rings (SSSR count). The molecule has 0 aliphatic rings. The van der Waals surface area contributed by atoms with Gasteiger partial charge in [-0.3, -0.25) is 0 Å². The Bertz CT molecular complexity index is 478. The zero-order chi connectivity index (χ0) is 13.5. The number of carbonyl (C=O) groups excluding carboxylic acids is 1. The van der Waals surface area contributed by atoms with E-state index in [-0.39, 0.29) is 0 Å². The first-order valence-corrected chi connectivity index (χ1v) is 5.86. The van der Waals surface area contributed by atoms with Gasteiger partial charge in [-0.2, -0.15) is 0 Å². The number of allylic oxidation sites excluding steroid dienone is 2. The number of benzene rings is 1. The van der Waals surface area contributed by atoms with Crippen molar-refractivity contribution in [1.82, 2.24) is 0 Å². The van der Waals surface area contributed by atoms with Crippen molar-refractivity contribution >= 4 is 18.1 Å². The minimum absolute atomic E-state index is 0.386. The molecule has 0 fully saturated rings. The van der Waals surface area contributed by atoms with Gasteiger partial charge in [0.05, 0.1) is 0 Å². The molecule has 0 amide bonds. The second-order valence-electron chi connectivity index (χ2n) is 3.94. The highest BCUT2D eigenvalue weighted by molar-refractivity contribution is 5.90. The average molecular weight is 242 g/mol. The number of hydrogen-bond donors (Lipinski definition) is 0. The Morgan fingerprint density at radius 3 is 2.06 bits per heavy atom. The number of para-hydroxylation sites is 1.